The van der Waals surface area contributed by atoms with Crippen molar-refractivity contribution in [1.82, 2.24) is 0 Å². The standard InChI is InChI=1S/C13H15Br2F/c14-11-5-1-3-9(8-11)7-10-4-2-6-12(16)13(10)15/h2,4,6,9,11H,1,3,5,7-8H2. The molecule has 0 aliphatic heterocycles. The van der Waals surface area contributed by atoms with E-state index in [1.54, 1.807) is 6.07 Å². The maximum atomic E-state index is 13.4. The van der Waals surface area contributed by atoms with Crippen LogP contribution in [0.15, 0.2) is 22.7 Å². The van der Waals surface area contributed by atoms with Crippen molar-refractivity contribution < 1.29 is 4.39 Å². The lowest BCUT2D eigenvalue weighted by Gasteiger charge is -2.26. The second-order valence-electron chi connectivity index (χ2n) is 4.55. The molecule has 0 nitrogen and oxygen atoms in total. The van der Waals surface area contributed by atoms with Crippen LogP contribution in [0.4, 0.5) is 4.39 Å². The first-order valence-corrected chi connectivity index (χ1v) is 7.44. The van der Waals surface area contributed by atoms with Crippen molar-refractivity contribution in [2.75, 3.05) is 0 Å². The van der Waals surface area contributed by atoms with Gasteiger partial charge in [-0.2, -0.15) is 0 Å². The third-order valence-electron chi connectivity index (χ3n) is 3.26. The van der Waals surface area contributed by atoms with Gasteiger partial charge in [0.15, 0.2) is 0 Å². The summed E-state index contributed by atoms with van der Waals surface area (Å²) in [5.41, 5.74) is 1.10. The Morgan fingerprint density at radius 3 is 2.88 bits per heavy atom. The monoisotopic (exact) mass is 348 g/mol. The number of hydrogen-bond acceptors (Lipinski definition) is 0. The minimum atomic E-state index is -0.149. The van der Waals surface area contributed by atoms with Gasteiger partial charge in [0.1, 0.15) is 5.82 Å². The predicted molar refractivity (Wildman–Crippen MR) is 72.5 cm³/mol. The molecule has 0 radical (unpaired) electrons. The van der Waals surface area contributed by atoms with Crippen LogP contribution in [0, 0.1) is 11.7 Å². The Morgan fingerprint density at radius 1 is 1.31 bits per heavy atom. The Balaban J connectivity index is 2.05. The molecule has 1 aromatic carbocycles. The van der Waals surface area contributed by atoms with Crippen LogP contribution in [0.1, 0.15) is 31.2 Å². The van der Waals surface area contributed by atoms with Crippen molar-refractivity contribution in [2.24, 2.45) is 5.92 Å². The average molecular weight is 350 g/mol. The third kappa shape index (κ3) is 3.07. The first-order chi connectivity index (χ1) is 7.66. The van der Waals surface area contributed by atoms with Gasteiger partial charge >= 0.3 is 0 Å². The molecule has 2 rings (SSSR count). The SMILES string of the molecule is Fc1cccc(CC2CCCC(Br)C2)c1Br. The van der Waals surface area contributed by atoms with E-state index in [1.807, 2.05) is 6.07 Å². The van der Waals surface area contributed by atoms with Crippen molar-refractivity contribution in [2.45, 2.75) is 36.9 Å². The Morgan fingerprint density at radius 2 is 2.12 bits per heavy atom. The summed E-state index contributed by atoms with van der Waals surface area (Å²) < 4.78 is 14.0. The van der Waals surface area contributed by atoms with Crippen molar-refractivity contribution in [1.29, 1.82) is 0 Å². The Bertz CT molecular complexity index is 365. The molecule has 1 saturated carbocycles. The largest absolute Gasteiger partial charge is 0.206 e. The molecule has 16 heavy (non-hydrogen) atoms. The van der Waals surface area contributed by atoms with Gasteiger partial charge in [0.25, 0.3) is 0 Å². The highest BCUT2D eigenvalue weighted by atomic mass is 79.9. The zero-order valence-corrected chi connectivity index (χ0v) is 12.2. The summed E-state index contributed by atoms with van der Waals surface area (Å²) >= 11 is 7.02. The highest BCUT2D eigenvalue weighted by Crippen LogP contribution is 2.33. The fourth-order valence-corrected chi connectivity index (χ4v) is 3.71. The minimum Gasteiger partial charge on any atom is -0.206 e. The lowest BCUT2D eigenvalue weighted by atomic mass is 9.85. The van der Waals surface area contributed by atoms with Gasteiger partial charge in [-0.15, -0.1) is 0 Å². The number of hydrogen-bond donors (Lipinski definition) is 0. The minimum absolute atomic E-state index is 0.149. The van der Waals surface area contributed by atoms with E-state index in [0.717, 1.165) is 12.0 Å². The number of benzene rings is 1. The molecule has 0 aromatic heterocycles. The molecule has 0 heterocycles. The van der Waals surface area contributed by atoms with Gasteiger partial charge in [-0.3, -0.25) is 0 Å². The van der Waals surface area contributed by atoms with E-state index in [4.69, 9.17) is 0 Å². The highest BCUT2D eigenvalue weighted by Gasteiger charge is 2.21. The van der Waals surface area contributed by atoms with E-state index < -0.39 is 0 Å². The van der Waals surface area contributed by atoms with Crippen LogP contribution < -0.4 is 0 Å². The fraction of sp³-hybridized carbons (Fsp3) is 0.538. The first kappa shape index (κ1) is 12.6. The molecule has 0 N–H and O–H groups in total. The second-order valence-corrected chi connectivity index (χ2v) is 6.63. The molecular formula is C13H15Br2F. The van der Waals surface area contributed by atoms with Crippen LogP contribution >= 0.6 is 31.9 Å². The Hall–Kier alpha value is 0.110. The molecule has 0 spiro atoms. The summed E-state index contributed by atoms with van der Waals surface area (Å²) in [6.07, 6.45) is 6.03. The van der Waals surface area contributed by atoms with Crippen LogP contribution in [0.3, 0.4) is 0 Å². The van der Waals surface area contributed by atoms with Gasteiger partial charge in [0.2, 0.25) is 0 Å². The third-order valence-corrected chi connectivity index (χ3v) is 4.98. The lowest BCUT2D eigenvalue weighted by molar-refractivity contribution is 0.367. The molecular weight excluding hydrogens is 335 g/mol. The topological polar surface area (TPSA) is 0 Å². The molecule has 0 saturated heterocycles. The van der Waals surface area contributed by atoms with Crippen molar-refractivity contribution in [3.05, 3.63) is 34.1 Å². The smallest absolute Gasteiger partial charge is 0.137 e. The molecule has 88 valence electrons. The average Bonchev–Trinajstić information content (AvgIpc) is 2.25. The van der Waals surface area contributed by atoms with Crippen molar-refractivity contribution in [3.63, 3.8) is 0 Å². The van der Waals surface area contributed by atoms with Crippen LogP contribution in [-0.2, 0) is 6.42 Å². The lowest BCUT2D eigenvalue weighted by Crippen LogP contribution is -2.17. The second kappa shape index (κ2) is 5.63. The van der Waals surface area contributed by atoms with E-state index in [1.165, 1.54) is 31.7 Å². The number of rotatable bonds is 2. The fourth-order valence-electron chi connectivity index (χ4n) is 2.43. The quantitative estimate of drug-likeness (QED) is 0.653. The van der Waals surface area contributed by atoms with Crippen molar-refractivity contribution in [3.8, 4) is 0 Å². The molecule has 2 atom stereocenters. The number of halogens is 3. The normalized spacial score (nSPS) is 25.7. The molecule has 0 amide bonds. The van der Waals surface area contributed by atoms with Gasteiger partial charge in [0, 0.05) is 4.83 Å². The summed E-state index contributed by atoms with van der Waals surface area (Å²) in [5.74, 6) is 0.542. The summed E-state index contributed by atoms with van der Waals surface area (Å²) in [7, 11) is 0. The van der Waals surface area contributed by atoms with Gasteiger partial charge in [-0.1, -0.05) is 40.9 Å². The molecule has 1 fully saturated rings. The molecule has 1 aliphatic rings. The molecule has 1 aromatic rings. The maximum absolute atomic E-state index is 13.4. The summed E-state index contributed by atoms with van der Waals surface area (Å²) in [4.78, 5) is 0.651. The van der Waals surface area contributed by atoms with Crippen molar-refractivity contribution >= 4 is 31.9 Å². The summed E-state index contributed by atoms with van der Waals surface area (Å²) in [6.45, 7) is 0. The summed E-state index contributed by atoms with van der Waals surface area (Å²) in [5, 5.41) is 0. The zero-order valence-electron chi connectivity index (χ0n) is 9.06. The molecule has 1 aliphatic carbocycles. The van der Waals surface area contributed by atoms with Crippen LogP contribution in [-0.4, -0.2) is 4.83 Å². The van der Waals surface area contributed by atoms with Gasteiger partial charge in [0.05, 0.1) is 4.47 Å². The van der Waals surface area contributed by atoms with Gasteiger partial charge in [-0.25, -0.2) is 4.39 Å². The summed E-state index contributed by atoms with van der Waals surface area (Å²) in [6, 6.07) is 5.32. The van der Waals surface area contributed by atoms with E-state index in [2.05, 4.69) is 31.9 Å². The van der Waals surface area contributed by atoms with Crippen LogP contribution in [0.5, 0.6) is 0 Å². The molecule has 2 unspecified atom stereocenters. The number of alkyl halides is 1. The highest BCUT2D eigenvalue weighted by molar-refractivity contribution is 9.10. The Labute approximate surface area is 113 Å². The predicted octanol–water partition coefficient (Wildman–Crippen LogP) is 5.08. The van der Waals surface area contributed by atoms with Crippen LogP contribution in [0.2, 0.25) is 0 Å². The van der Waals surface area contributed by atoms with E-state index >= 15 is 0 Å². The van der Waals surface area contributed by atoms with E-state index in [0.29, 0.717) is 15.2 Å². The zero-order chi connectivity index (χ0) is 11.5. The molecule has 0 bridgehead atoms. The first-order valence-electron chi connectivity index (χ1n) is 5.73. The van der Waals surface area contributed by atoms with Gasteiger partial charge in [-0.05, 0) is 52.7 Å². The van der Waals surface area contributed by atoms with Gasteiger partial charge < -0.3 is 0 Å². The maximum Gasteiger partial charge on any atom is 0.137 e. The van der Waals surface area contributed by atoms with Crippen LogP contribution in [0.25, 0.3) is 0 Å². The van der Waals surface area contributed by atoms with E-state index in [9.17, 15) is 4.39 Å². The Kier molecular flexibility index (Phi) is 4.42. The molecule has 3 heteroatoms. The van der Waals surface area contributed by atoms with E-state index in [-0.39, 0.29) is 5.82 Å².